The Morgan fingerprint density at radius 3 is 2.83 bits per heavy atom. The fourth-order valence-corrected chi connectivity index (χ4v) is 3.72. The van der Waals surface area contributed by atoms with Crippen molar-refractivity contribution in [1.82, 2.24) is 19.8 Å². The minimum Gasteiger partial charge on any atom is -0.484 e. The number of aliphatic imine (C=N–C) groups is 1. The van der Waals surface area contributed by atoms with Crippen LogP contribution in [0.15, 0.2) is 48.0 Å². The van der Waals surface area contributed by atoms with Gasteiger partial charge >= 0.3 is 0 Å². The van der Waals surface area contributed by atoms with Crippen molar-refractivity contribution in [3.8, 4) is 5.75 Å². The highest BCUT2D eigenvalue weighted by Gasteiger charge is 2.28. The van der Waals surface area contributed by atoms with Crippen LogP contribution in [0.25, 0.3) is 0 Å². The maximum absolute atomic E-state index is 10.8. The van der Waals surface area contributed by atoms with Crippen molar-refractivity contribution in [2.24, 2.45) is 16.6 Å². The van der Waals surface area contributed by atoms with Crippen molar-refractivity contribution in [3.63, 3.8) is 0 Å². The Kier molecular flexibility index (Phi) is 7.70. The predicted octanol–water partition coefficient (Wildman–Crippen LogP) is 1.84. The van der Waals surface area contributed by atoms with Crippen LogP contribution in [0.4, 0.5) is 0 Å². The van der Waals surface area contributed by atoms with Gasteiger partial charge in [0.15, 0.2) is 12.6 Å². The molecule has 2 atom stereocenters. The van der Waals surface area contributed by atoms with Crippen LogP contribution in [0, 0.1) is 5.92 Å². The average Bonchev–Trinajstić information content (AvgIpc) is 3.27. The van der Waals surface area contributed by atoms with Crippen molar-refractivity contribution < 1.29 is 9.53 Å². The Hall–Kier alpha value is -3.03. The van der Waals surface area contributed by atoms with Crippen LogP contribution >= 0.6 is 0 Å². The van der Waals surface area contributed by atoms with Crippen molar-refractivity contribution in [3.05, 3.63) is 48.5 Å². The first-order chi connectivity index (χ1) is 14.6. The summed E-state index contributed by atoms with van der Waals surface area (Å²) in [7, 11) is 0. The second-order valence-corrected chi connectivity index (χ2v) is 7.67. The van der Waals surface area contributed by atoms with E-state index in [-0.39, 0.29) is 6.61 Å². The lowest BCUT2D eigenvalue weighted by Crippen LogP contribution is -2.49. The first-order valence-electron chi connectivity index (χ1n) is 10.6. The van der Waals surface area contributed by atoms with E-state index in [1.165, 1.54) is 5.56 Å². The molecule has 1 fully saturated rings. The number of carbonyl (C=O) groups excluding carboxylic acids is 1. The normalized spacial score (nSPS) is 19.5. The molecule has 2 unspecified atom stereocenters. The second kappa shape index (κ2) is 10.7. The molecule has 1 amide bonds. The number of likely N-dealkylation sites (tertiary alicyclic amines) is 1. The lowest BCUT2D eigenvalue weighted by atomic mass is 9.93. The number of ether oxygens (including phenoxy) is 1. The summed E-state index contributed by atoms with van der Waals surface area (Å²) in [6, 6.07) is 8.11. The number of nitrogens with zero attached hydrogens (tertiary/aromatic N) is 4. The molecule has 1 aliphatic heterocycles. The molecule has 1 aromatic carbocycles. The van der Waals surface area contributed by atoms with Gasteiger partial charge < -0.3 is 25.3 Å². The van der Waals surface area contributed by atoms with Crippen molar-refractivity contribution in [2.75, 3.05) is 32.8 Å². The monoisotopic (exact) mass is 412 g/mol. The number of piperidine rings is 1. The Bertz CT molecular complexity index is 819. The maximum Gasteiger partial charge on any atom is 0.255 e. The number of nitrogens with two attached hydrogens (primary N) is 1. The number of hydrogen-bond acceptors (Lipinski definition) is 4. The third-order valence-electron chi connectivity index (χ3n) is 5.43. The van der Waals surface area contributed by atoms with Crippen LogP contribution < -0.4 is 15.8 Å². The van der Waals surface area contributed by atoms with Crippen molar-refractivity contribution in [1.29, 1.82) is 0 Å². The van der Waals surface area contributed by atoms with Gasteiger partial charge in [-0.2, -0.15) is 0 Å². The summed E-state index contributed by atoms with van der Waals surface area (Å²) in [6.45, 7) is 7.77. The van der Waals surface area contributed by atoms with Gasteiger partial charge in [0.05, 0.1) is 12.4 Å². The number of carbonyl (C=O) groups is 1. The molecule has 0 saturated carbocycles. The number of guanidine groups is 1. The van der Waals surface area contributed by atoms with E-state index in [0.717, 1.165) is 38.4 Å². The third-order valence-corrected chi connectivity index (χ3v) is 5.43. The van der Waals surface area contributed by atoms with Gasteiger partial charge in [0.2, 0.25) is 0 Å². The summed E-state index contributed by atoms with van der Waals surface area (Å²) in [6.07, 6.45) is 7.76. The molecule has 3 rings (SSSR count). The number of primary amides is 1. The molecule has 2 aromatic rings. The molecule has 1 aromatic heterocycles. The van der Waals surface area contributed by atoms with Crippen LogP contribution in [0.5, 0.6) is 5.75 Å². The van der Waals surface area contributed by atoms with Crippen LogP contribution in [-0.2, 0) is 11.2 Å². The van der Waals surface area contributed by atoms with E-state index in [9.17, 15) is 4.79 Å². The minimum absolute atomic E-state index is 0.107. The molecule has 8 nitrogen and oxygen atoms in total. The van der Waals surface area contributed by atoms with Gasteiger partial charge in [-0.25, -0.2) is 4.98 Å². The van der Waals surface area contributed by atoms with Crippen molar-refractivity contribution >= 4 is 11.9 Å². The van der Waals surface area contributed by atoms with E-state index >= 15 is 0 Å². The van der Waals surface area contributed by atoms with Gasteiger partial charge in [-0.3, -0.25) is 9.79 Å². The van der Waals surface area contributed by atoms with E-state index < -0.39 is 5.91 Å². The number of nitrogens with one attached hydrogen (secondary N) is 1. The zero-order valence-electron chi connectivity index (χ0n) is 17.8. The highest BCUT2D eigenvalue weighted by molar-refractivity contribution is 5.80. The molecule has 1 aliphatic rings. The molecular weight excluding hydrogens is 380 g/mol. The number of hydrogen-bond donors (Lipinski definition) is 2. The van der Waals surface area contributed by atoms with Crippen LogP contribution in [0.1, 0.15) is 31.9 Å². The molecular formula is C22H32N6O2. The van der Waals surface area contributed by atoms with Crippen LogP contribution in [0.2, 0.25) is 0 Å². The fraction of sp³-hybridized carbons (Fsp3) is 0.500. The van der Waals surface area contributed by atoms with Crippen LogP contribution in [-0.4, -0.2) is 59.1 Å². The summed E-state index contributed by atoms with van der Waals surface area (Å²) in [5.41, 5.74) is 6.27. The zero-order chi connectivity index (χ0) is 21.3. The van der Waals surface area contributed by atoms with Gasteiger partial charge in [-0.05, 0) is 43.4 Å². The van der Waals surface area contributed by atoms with E-state index in [1.807, 2.05) is 43.0 Å². The molecule has 8 heteroatoms. The number of aromatic nitrogens is 2. The van der Waals surface area contributed by atoms with E-state index in [2.05, 4.69) is 33.6 Å². The minimum atomic E-state index is -0.480. The van der Waals surface area contributed by atoms with E-state index in [1.54, 1.807) is 0 Å². The fourth-order valence-electron chi connectivity index (χ4n) is 3.72. The third kappa shape index (κ3) is 5.98. The smallest absolute Gasteiger partial charge is 0.255 e. The molecule has 30 heavy (non-hydrogen) atoms. The number of amides is 1. The molecule has 1 saturated heterocycles. The van der Waals surface area contributed by atoms with Crippen molar-refractivity contribution in [2.45, 2.75) is 32.7 Å². The highest BCUT2D eigenvalue weighted by Crippen LogP contribution is 2.27. The summed E-state index contributed by atoms with van der Waals surface area (Å²) in [5, 5.41) is 3.44. The van der Waals surface area contributed by atoms with Gasteiger partial charge in [-0.15, -0.1) is 0 Å². The Labute approximate surface area is 178 Å². The Morgan fingerprint density at radius 2 is 2.17 bits per heavy atom. The molecule has 3 N–H and O–H groups in total. The Balaban J connectivity index is 1.58. The molecule has 2 heterocycles. The molecule has 0 bridgehead atoms. The summed E-state index contributed by atoms with van der Waals surface area (Å²) in [4.78, 5) is 22.2. The summed E-state index contributed by atoms with van der Waals surface area (Å²) < 4.78 is 7.51. The van der Waals surface area contributed by atoms with E-state index in [0.29, 0.717) is 24.3 Å². The van der Waals surface area contributed by atoms with Gasteiger partial charge in [0.1, 0.15) is 5.75 Å². The number of rotatable bonds is 8. The quantitative estimate of drug-likeness (QED) is 0.509. The first kappa shape index (κ1) is 21.7. The predicted molar refractivity (Wildman–Crippen MR) is 117 cm³/mol. The average molecular weight is 413 g/mol. The second-order valence-electron chi connectivity index (χ2n) is 7.67. The maximum atomic E-state index is 10.8. The van der Waals surface area contributed by atoms with Gasteiger partial charge in [-0.1, -0.05) is 19.1 Å². The SMILES string of the molecule is CCNC(=NCCc1ccc(OCC(N)=O)cc1)N1CCC(C)C(n2ccnc2)C1. The van der Waals surface area contributed by atoms with Gasteiger partial charge in [0, 0.05) is 38.6 Å². The first-order valence-corrected chi connectivity index (χ1v) is 10.6. The topological polar surface area (TPSA) is 97.8 Å². The standard InChI is InChI=1S/C22H32N6O2/c1-3-25-22(27-12-9-17(2)20(14-27)28-13-11-24-16-28)26-10-8-18-4-6-19(7-5-18)30-15-21(23)29/h4-7,11,13,16-17,20H,3,8-10,12,14-15H2,1-2H3,(H2,23,29)(H,25,26). The largest absolute Gasteiger partial charge is 0.484 e. The van der Waals surface area contributed by atoms with Gasteiger partial charge in [0.25, 0.3) is 5.91 Å². The molecule has 0 aliphatic carbocycles. The lowest BCUT2D eigenvalue weighted by Gasteiger charge is -2.39. The summed E-state index contributed by atoms with van der Waals surface area (Å²) in [5.74, 6) is 1.73. The lowest BCUT2D eigenvalue weighted by molar-refractivity contribution is -0.119. The Morgan fingerprint density at radius 1 is 1.37 bits per heavy atom. The molecule has 162 valence electrons. The van der Waals surface area contributed by atoms with Crippen LogP contribution in [0.3, 0.4) is 0 Å². The highest BCUT2D eigenvalue weighted by atomic mass is 16.5. The molecule has 0 spiro atoms. The summed E-state index contributed by atoms with van der Waals surface area (Å²) >= 11 is 0. The number of imidazole rings is 1. The number of benzene rings is 1. The zero-order valence-corrected chi connectivity index (χ0v) is 17.8. The molecule has 0 radical (unpaired) electrons. The van der Waals surface area contributed by atoms with E-state index in [4.69, 9.17) is 15.5 Å².